The molecule has 6 nitrogen and oxygen atoms in total. The van der Waals surface area contributed by atoms with E-state index in [4.69, 9.17) is 15.2 Å². The van der Waals surface area contributed by atoms with Crippen LogP contribution in [-0.4, -0.2) is 68.3 Å². The number of amides is 1. The number of nitrogens with two attached hydrogens (primary N) is 1. The zero-order chi connectivity index (χ0) is 16.7. The Morgan fingerprint density at radius 3 is 3.00 bits per heavy atom. The standard InChI is InChI=1S/C17H27N3O3/c1-3-22-16-7-5-4-6-14(16)10-20-8-9-23-15(12-20)11-19(2)13-17(18)21/h4-7,15H,3,8-13H2,1-2H3,(H2,18,21)/t15-/m0/s1. The van der Waals surface area contributed by atoms with E-state index >= 15 is 0 Å². The number of morpholine rings is 1. The summed E-state index contributed by atoms with van der Waals surface area (Å²) >= 11 is 0. The van der Waals surface area contributed by atoms with Crippen LogP contribution in [0.15, 0.2) is 24.3 Å². The maximum atomic E-state index is 11.0. The topological polar surface area (TPSA) is 68.0 Å². The van der Waals surface area contributed by atoms with Crippen molar-refractivity contribution in [3.63, 3.8) is 0 Å². The number of carbonyl (C=O) groups is 1. The normalized spacial score (nSPS) is 19.0. The number of para-hydroxylation sites is 1. The third-order valence-corrected chi connectivity index (χ3v) is 3.83. The van der Waals surface area contributed by atoms with Crippen LogP contribution in [0, 0.1) is 0 Å². The molecule has 2 rings (SSSR count). The molecule has 1 aliphatic heterocycles. The molecule has 0 unspecified atom stereocenters. The molecular weight excluding hydrogens is 294 g/mol. The summed E-state index contributed by atoms with van der Waals surface area (Å²) in [5, 5.41) is 0. The molecule has 0 spiro atoms. The Hall–Kier alpha value is -1.63. The van der Waals surface area contributed by atoms with Crippen molar-refractivity contribution < 1.29 is 14.3 Å². The van der Waals surface area contributed by atoms with Crippen molar-refractivity contribution in [1.29, 1.82) is 0 Å². The minimum atomic E-state index is -0.314. The molecule has 1 fully saturated rings. The van der Waals surface area contributed by atoms with E-state index in [-0.39, 0.29) is 18.6 Å². The highest BCUT2D eigenvalue weighted by atomic mass is 16.5. The maximum absolute atomic E-state index is 11.0. The number of hydrogen-bond donors (Lipinski definition) is 1. The third-order valence-electron chi connectivity index (χ3n) is 3.83. The van der Waals surface area contributed by atoms with Crippen LogP contribution in [0.1, 0.15) is 12.5 Å². The predicted molar refractivity (Wildman–Crippen MR) is 89.3 cm³/mol. The van der Waals surface area contributed by atoms with E-state index in [0.717, 1.165) is 25.4 Å². The van der Waals surface area contributed by atoms with Crippen LogP contribution in [0.25, 0.3) is 0 Å². The SMILES string of the molecule is CCOc1ccccc1CN1CCO[C@@H](CN(C)CC(N)=O)C1. The van der Waals surface area contributed by atoms with Gasteiger partial charge in [0.25, 0.3) is 0 Å². The Bertz CT molecular complexity index is 510. The molecule has 0 aliphatic carbocycles. The van der Waals surface area contributed by atoms with Gasteiger partial charge >= 0.3 is 0 Å². The van der Waals surface area contributed by atoms with E-state index in [1.807, 2.05) is 37.1 Å². The molecule has 0 saturated carbocycles. The summed E-state index contributed by atoms with van der Waals surface area (Å²) in [4.78, 5) is 15.2. The number of ether oxygens (including phenoxy) is 2. The lowest BCUT2D eigenvalue weighted by Gasteiger charge is -2.34. The van der Waals surface area contributed by atoms with Gasteiger partial charge in [-0.1, -0.05) is 18.2 Å². The average Bonchev–Trinajstić information content (AvgIpc) is 2.49. The Kier molecular flexibility index (Phi) is 6.83. The second-order valence-electron chi connectivity index (χ2n) is 5.93. The maximum Gasteiger partial charge on any atom is 0.231 e. The average molecular weight is 321 g/mol. The fourth-order valence-corrected chi connectivity index (χ4v) is 2.88. The Morgan fingerprint density at radius 2 is 2.26 bits per heavy atom. The van der Waals surface area contributed by atoms with Gasteiger partial charge in [-0.3, -0.25) is 14.6 Å². The molecule has 128 valence electrons. The number of likely N-dealkylation sites (N-methyl/N-ethyl adjacent to an activating group) is 1. The van der Waals surface area contributed by atoms with Crippen molar-refractivity contribution in [2.75, 3.05) is 46.4 Å². The van der Waals surface area contributed by atoms with E-state index in [2.05, 4.69) is 11.0 Å². The first-order chi connectivity index (χ1) is 11.1. The number of primary amides is 1. The monoisotopic (exact) mass is 321 g/mol. The van der Waals surface area contributed by atoms with E-state index in [1.165, 1.54) is 5.56 Å². The van der Waals surface area contributed by atoms with Gasteiger partial charge in [-0.2, -0.15) is 0 Å². The van der Waals surface area contributed by atoms with Crippen LogP contribution in [0.2, 0.25) is 0 Å². The Balaban J connectivity index is 1.90. The summed E-state index contributed by atoms with van der Waals surface area (Å²) in [6.45, 7) is 6.90. The summed E-state index contributed by atoms with van der Waals surface area (Å²) in [5.74, 6) is 0.634. The predicted octanol–water partition coefficient (Wildman–Crippen LogP) is 0.703. The summed E-state index contributed by atoms with van der Waals surface area (Å²) in [6, 6.07) is 8.15. The number of rotatable bonds is 8. The van der Waals surface area contributed by atoms with Crippen LogP contribution in [0.5, 0.6) is 5.75 Å². The molecule has 6 heteroatoms. The van der Waals surface area contributed by atoms with Crippen molar-refractivity contribution >= 4 is 5.91 Å². The second-order valence-corrected chi connectivity index (χ2v) is 5.93. The minimum Gasteiger partial charge on any atom is -0.494 e. The lowest BCUT2D eigenvalue weighted by molar-refractivity contribution is -0.119. The first-order valence-corrected chi connectivity index (χ1v) is 8.10. The number of carbonyl (C=O) groups excluding carboxylic acids is 1. The summed E-state index contributed by atoms with van der Waals surface area (Å²) in [6.07, 6.45) is 0.0901. The summed E-state index contributed by atoms with van der Waals surface area (Å²) in [5.41, 5.74) is 6.42. The molecule has 0 radical (unpaired) electrons. The molecular formula is C17H27N3O3. The summed E-state index contributed by atoms with van der Waals surface area (Å²) < 4.78 is 11.5. The molecule has 1 aliphatic rings. The summed E-state index contributed by atoms with van der Waals surface area (Å²) in [7, 11) is 1.89. The van der Waals surface area contributed by atoms with E-state index in [9.17, 15) is 4.79 Å². The molecule has 1 aromatic carbocycles. The molecule has 2 N–H and O–H groups in total. The molecule has 0 aromatic heterocycles. The van der Waals surface area contributed by atoms with Gasteiger partial charge in [0.2, 0.25) is 5.91 Å². The van der Waals surface area contributed by atoms with Crippen molar-refractivity contribution in [2.24, 2.45) is 5.73 Å². The fourth-order valence-electron chi connectivity index (χ4n) is 2.88. The highest BCUT2D eigenvalue weighted by Gasteiger charge is 2.22. The van der Waals surface area contributed by atoms with E-state index in [1.54, 1.807) is 0 Å². The highest BCUT2D eigenvalue weighted by Crippen LogP contribution is 2.21. The van der Waals surface area contributed by atoms with Gasteiger partial charge in [-0.25, -0.2) is 0 Å². The van der Waals surface area contributed by atoms with Crippen molar-refractivity contribution in [3.8, 4) is 5.75 Å². The van der Waals surface area contributed by atoms with Crippen molar-refractivity contribution in [2.45, 2.75) is 19.6 Å². The molecule has 1 saturated heterocycles. The van der Waals surface area contributed by atoms with Crippen molar-refractivity contribution in [3.05, 3.63) is 29.8 Å². The largest absolute Gasteiger partial charge is 0.494 e. The molecule has 1 heterocycles. The van der Waals surface area contributed by atoms with Crippen LogP contribution >= 0.6 is 0 Å². The molecule has 0 bridgehead atoms. The van der Waals surface area contributed by atoms with Crippen LogP contribution in [0.3, 0.4) is 0 Å². The lowest BCUT2D eigenvalue weighted by atomic mass is 10.1. The van der Waals surface area contributed by atoms with Crippen LogP contribution in [-0.2, 0) is 16.1 Å². The van der Waals surface area contributed by atoms with E-state index in [0.29, 0.717) is 19.8 Å². The van der Waals surface area contributed by atoms with Crippen LogP contribution in [0.4, 0.5) is 0 Å². The fraction of sp³-hybridized carbons (Fsp3) is 0.588. The van der Waals surface area contributed by atoms with Crippen LogP contribution < -0.4 is 10.5 Å². The van der Waals surface area contributed by atoms with Gasteiger partial charge in [-0.05, 0) is 20.0 Å². The first-order valence-electron chi connectivity index (χ1n) is 8.10. The van der Waals surface area contributed by atoms with Gasteiger partial charge in [0.15, 0.2) is 0 Å². The van der Waals surface area contributed by atoms with E-state index < -0.39 is 0 Å². The molecule has 1 aromatic rings. The zero-order valence-corrected chi connectivity index (χ0v) is 14.0. The molecule has 23 heavy (non-hydrogen) atoms. The highest BCUT2D eigenvalue weighted by molar-refractivity contribution is 5.75. The van der Waals surface area contributed by atoms with Crippen molar-refractivity contribution in [1.82, 2.24) is 9.80 Å². The minimum absolute atomic E-state index is 0.0901. The Labute approximate surface area is 138 Å². The Morgan fingerprint density at radius 1 is 1.48 bits per heavy atom. The quantitative estimate of drug-likeness (QED) is 0.763. The van der Waals surface area contributed by atoms with Gasteiger partial charge in [-0.15, -0.1) is 0 Å². The van der Waals surface area contributed by atoms with Gasteiger partial charge < -0.3 is 15.2 Å². The van der Waals surface area contributed by atoms with Gasteiger partial charge in [0.1, 0.15) is 5.75 Å². The number of nitrogens with zero attached hydrogens (tertiary/aromatic N) is 2. The first kappa shape index (κ1) is 17.7. The third kappa shape index (κ3) is 5.82. The van der Waals surface area contributed by atoms with Gasteiger partial charge in [0, 0.05) is 31.7 Å². The zero-order valence-electron chi connectivity index (χ0n) is 14.0. The molecule has 1 amide bonds. The lowest BCUT2D eigenvalue weighted by Crippen LogP contribution is -2.47. The smallest absolute Gasteiger partial charge is 0.231 e. The second kappa shape index (κ2) is 8.86. The molecule has 1 atom stereocenters. The number of benzene rings is 1. The van der Waals surface area contributed by atoms with Gasteiger partial charge in [0.05, 0.1) is 25.9 Å². The number of hydrogen-bond acceptors (Lipinski definition) is 5.